The van der Waals surface area contributed by atoms with E-state index in [-0.39, 0.29) is 17.9 Å². The van der Waals surface area contributed by atoms with Gasteiger partial charge in [-0.3, -0.25) is 4.79 Å². The van der Waals surface area contributed by atoms with Crippen LogP contribution in [0.15, 0.2) is 34.9 Å². The van der Waals surface area contributed by atoms with Crippen molar-refractivity contribution < 1.29 is 13.9 Å². The lowest BCUT2D eigenvalue weighted by Crippen LogP contribution is -2.24. The Morgan fingerprint density at radius 1 is 1.32 bits per heavy atom. The van der Waals surface area contributed by atoms with Crippen molar-refractivity contribution in [1.29, 1.82) is 0 Å². The topological polar surface area (TPSA) is 64.4 Å². The second kappa shape index (κ2) is 6.75. The molecule has 0 aliphatic carbocycles. The first-order valence-corrected chi connectivity index (χ1v) is 7.22. The summed E-state index contributed by atoms with van der Waals surface area (Å²) in [5, 5.41) is 2.83. The Bertz CT molecular complexity index is 641. The van der Waals surface area contributed by atoms with Gasteiger partial charge in [-0.1, -0.05) is 39.0 Å². The summed E-state index contributed by atoms with van der Waals surface area (Å²) < 4.78 is 10.8. The van der Waals surface area contributed by atoms with E-state index < -0.39 is 0 Å². The van der Waals surface area contributed by atoms with Gasteiger partial charge in [-0.05, 0) is 11.6 Å². The maximum absolute atomic E-state index is 12.3. The van der Waals surface area contributed by atoms with E-state index in [1.807, 2.05) is 18.2 Å². The van der Waals surface area contributed by atoms with E-state index in [1.54, 1.807) is 19.4 Å². The molecule has 2 rings (SSSR count). The van der Waals surface area contributed by atoms with Crippen LogP contribution in [0.2, 0.25) is 0 Å². The van der Waals surface area contributed by atoms with Crippen LogP contribution in [-0.2, 0) is 23.3 Å². The number of nitrogens with zero attached hydrogens (tertiary/aromatic N) is 1. The number of carbonyl (C=O) groups is 1. The second-order valence-electron chi connectivity index (χ2n) is 6.14. The van der Waals surface area contributed by atoms with E-state index in [9.17, 15) is 4.79 Å². The zero-order valence-electron chi connectivity index (χ0n) is 13.5. The molecule has 1 N–H and O–H groups in total. The lowest BCUT2D eigenvalue weighted by Gasteiger charge is -2.13. The summed E-state index contributed by atoms with van der Waals surface area (Å²) in [6.45, 7) is 6.82. The predicted octanol–water partition coefficient (Wildman–Crippen LogP) is 3.05. The Balaban J connectivity index is 2.03. The number of rotatable bonds is 5. The maximum Gasteiger partial charge on any atom is 0.252 e. The van der Waals surface area contributed by atoms with E-state index in [2.05, 4.69) is 31.1 Å². The molecule has 0 radical (unpaired) electrons. The normalized spacial score (nSPS) is 11.5. The average molecular weight is 302 g/mol. The molecule has 1 heterocycles. The highest BCUT2D eigenvalue weighted by Gasteiger charge is 2.19. The Morgan fingerprint density at radius 3 is 2.68 bits per heavy atom. The molecule has 0 bridgehead atoms. The van der Waals surface area contributed by atoms with Crippen molar-refractivity contribution in [2.24, 2.45) is 0 Å². The van der Waals surface area contributed by atoms with Gasteiger partial charge in [-0.15, -0.1) is 0 Å². The average Bonchev–Trinajstić information content (AvgIpc) is 2.95. The quantitative estimate of drug-likeness (QED) is 0.922. The minimum absolute atomic E-state index is 0.0969. The van der Waals surface area contributed by atoms with Crippen LogP contribution in [0.3, 0.4) is 0 Å². The summed E-state index contributed by atoms with van der Waals surface area (Å²) in [6, 6.07) is 7.37. The van der Waals surface area contributed by atoms with Gasteiger partial charge >= 0.3 is 0 Å². The lowest BCUT2D eigenvalue weighted by molar-refractivity contribution is 0.0942. The standard InChI is InChI=1S/C17H22N2O3/c1-17(2,3)14-9-18-15(22-14)10-19-16(20)13-8-6-5-7-12(13)11-21-4/h5-9H,10-11H2,1-4H3,(H,19,20). The van der Waals surface area contributed by atoms with Gasteiger partial charge in [0.1, 0.15) is 5.76 Å². The van der Waals surface area contributed by atoms with E-state index in [4.69, 9.17) is 9.15 Å². The molecule has 2 aromatic rings. The molecule has 22 heavy (non-hydrogen) atoms. The van der Waals surface area contributed by atoms with Gasteiger partial charge in [0, 0.05) is 18.1 Å². The van der Waals surface area contributed by atoms with E-state index in [0.29, 0.717) is 18.1 Å². The number of nitrogens with one attached hydrogen (secondary N) is 1. The molecular formula is C17H22N2O3. The van der Waals surface area contributed by atoms with Crippen LogP contribution in [0.4, 0.5) is 0 Å². The molecule has 0 spiro atoms. The zero-order chi connectivity index (χ0) is 16.2. The first-order valence-electron chi connectivity index (χ1n) is 7.22. The number of ether oxygens (including phenoxy) is 1. The van der Waals surface area contributed by atoms with E-state index in [1.165, 1.54) is 0 Å². The van der Waals surface area contributed by atoms with Crippen molar-refractivity contribution in [3.05, 3.63) is 53.2 Å². The van der Waals surface area contributed by atoms with Gasteiger partial charge in [0.2, 0.25) is 5.89 Å². The largest absolute Gasteiger partial charge is 0.443 e. The molecule has 118 valence electrons. The van der Waals surface area contributed by atoms with E-state index in [0.717, 1.165) is 11.3 Å². The Kier molecular flexibility index (Phi) is 4.98. The van der Waals surface area contributed by atoms with Crippen LogP contribution in [0.5, 0.6) is 0 Å². The molecule has 1 aromatic carbocycles. The third-order valence-corrected chi connectivity index (χ3v) is 3.25. The third-order valence-electron chi connectivity index (χ3n) is 3.25. The first-order chi connectivity index (χ1) is 10.4. The highest BCUT2D eigenvalue weighted by atomic mass is 16.5. The summed E-state index contributed by atoms with van der Waals surface area (Å²) in [7, 11) is 1.61. The zero-order valence-corrected chi connectivity index (χ0v) is 13.5. The van der Waals surface area contributed by atoms with Crippen molar-refractivity contribution in [2.45, 2.75) is 39.3 Å². The summed E-state index contributed by atoms with van der Waals surface area (Å²) in [5.41, 5.74) is 1.36. The maximum atomic E-state index is 12.3. The molecule has 0 aliphatic rings. The number of benzene rings is 1. The van der Waals surface area contributed by atoms with Crippen molar-refractivity contribution in [3.8, 4) is 0 Å². The molecule has 1 aromatic heterocycles. The number of hydrogen-bond acceptors (Lipinski definition) is 4. The summed E-state index contributed by atoms with van der Waals surface area (Å²) in [4.78, 5) is 16.5. The van der Waals surface area contributed by atoms with Crippen molar-refractivity contribution >= 4 is 5.91 Å². The van der Waals surface area contributed by atoms with Crippen LogP contribution in [-0.4, -0.2) is 18.0 Å². The molecule has 0 fully saturated rings. The number of methoxy groups -OCH3 is 1. The van der Waals surface area contributed by atoms with Crippen molar-refractivity contribution in [1.82, 2.24) is 10.3 Å². The number of carbonyl (C=O) groups excluding carboxylic acids is 1. The summed E-state index contributed by atoms with van der Waals surface area (Å²) >= 11 is 0. The smallest absolute Gasteiger partial charge is 0.252 e. The number of oxazole rings is 1. The fourth-order valence-electron chi connectivity index (χ4n) is 2.01. The highest BCUT2D eigenvalue weighted by Crippen LogP contribution is 2.22. The van der Waals surface area contributed by atoms with Gasteiger partial charge in [0.15, 0.2) is 0 Å². The summed E-state index contributed by atoms with van der Waals surface area (Å²) in [6.07, 6.45) is 1.71. The van der Waals surface area contributed by atoms with Crippen LogP contribution in [0, 0.1) is 0 Å². The summed E-state index contributed by atoms with van der Waals surface area (Å²) in [5.74, 6) is 1.14. The minimum atomic E-state index is -0.164. The predicted molar refractivity (Wildman–Crippen MR) is 83.5 cm³/mol. The van der Waals surface area contributed by atoms with Crippen molar-refractivity contribution in [2.75, 3.05) is 7.11 Å². The van der Waals surface area contributed by atoms with Crippen LogP contribution >= 0.6 is 0 Å². The molecule has 0 atom stereocenters. The van der Waals surface area contributed by atoms with Gasteiger partial charge < -0.3 is 14.5 Å². The minimum Gasteiger partial charge on any atom is -0.443 e. The molecule has 0 aliphatic heterocycles. The van der Waals surface area contributed by atoms with Crippen molar-refractivity contribution in [3.63, 3.8) is 0 Å². The Labute approximate surface area is 130 Å². The molecule has 5 heteroatoms. The third kappa shape index (κ3) is 3.95. The molecular weight excluding hydrogens is 280 g/mol. The molecule has 0 saturated carbocycles. The van der Waals surface area contributed by atoms with Gasteiger partial charge in [-0.25, -0.2) is 4.98 Å². The fraction of sp³-hybridized carbons (Fsp3) is 0.412. The monoisotopic (exact) mass is 302 g/mol. The van der Waals surface area contributed by atoms with Gasteiger partial charge in [-0.2, -0.15) is 0 Å². The van der Waals surface area contributed by atoms with Gasteiger partial charge in [0.05, 0.1) is 19.3 Å². The molecule has 1 amide bonds. The molecule has 0 saturated heterocycles. The second-order valence-corrected chi connectivity index (χ2v) is 6.14. The number of amides is 1. The van der Waals surface area contributed by atoms with Gasteiger partial charge in [0.25, 0.3) is 5.91 Å². The van der Waals surface area contributed by atoms with E-state index >= 15 is 0 Å². The van der Waals surface area contributed by atoms with Crippen LogP contribution < -0.4 is 5.32 Å². The SMILES string of the molecule is COCc1ccccc1C(=O)NCc1ncc(C(C)(C)C)o1. The van der Waals surface area contributed by atoms with Crippen LogP contribution in [0.1, 0.15) is 48.3 Å². The fourth-order valence-corrected chi connectivity index (χ4v) is 2.01. The lowest BCUT2D eigenvalue weighted by atomic mass is 9.94. The molecule has 0 unspecified atom stereocenters. The number of aromatic nitrogens is 1. The Morgan fingerprint density at radius 2 is 2.05 bits per heavy atom. The first kappa shape index (κ1) is 16.2. The highest BCUT2D eigenvalue weighted by molar-refractivity contribution is 5.95. The molecule has 5 nitrogen and oxygen atoms in total. The Hall–Kier alpha value is -2.14. The van der Waals surface area contributed by atoms with Crippen LogP contribution in [0.25, 0.3) is 0 Å². The number of hydrogen-bond donors (Lipinski definition) is 1.